The summed E-state index contributed by atoms with van der Waals surface area (Å²) in [5.41, 5.74) is 13.1. The van der Waals surface area contributed by atoms with E-state index in [4.69, 9.17) is 59.2 Å². The molecule has 0 amide bonds. The minimum Gasteiger partial charge on any atom is -0.493 e. The number of nitrogen functional groups attached to an aromatic ring is 1. The number of methoxy groups -OCH3 is 7. The molecule has 0 atom stereocenters. The Morgan fingerprint density at radius 3 is 1.47 bits per heavy atom. The molecule has 0 saturated carbocycles. The van der Waals surface area contributed by atoms with Gasteiger partial charge < -0.3 is 63.9 Å². The third-order valence-electron chi connectivity index (χ3n) is 9.40. The van der Waals surface area contributed by atoms with Gasteiger partial charge in [0.2, 0.25) is 0 Å². The van der Waals surface area contributed by atoms with Gasteiger partial charge in [-0.1, -0.05) is 82.9 Å². The summed E-state index contributed by atoms with van der Waals surface area (Å²) in [6.07, 6.45) is 1.56. The molecule has 5 N–H and O–H groups in total. The van der Waals surface area contributed by atoms with E-state index in [2.05, 4.69) is 9.72 Å². The fourth-order valence-electron chi connectivity index (χ4n) is 5.92. The highest BCUT2D eigenvalue weighted by Crippen LogP contribution is 2.35. The van der Waals surface area contributed by atoms with Crippen LogP contribution in [0.4, 0.5) is 11.4 Å². The molecule has 0 aliphatic heterocycles. The Balaban J connectivity index is 0. The topological polar surface area (TPSA) is 277 Å². The lowest BCUT2D eigenvalue weighted by atomic mass is 10.1. The molecule has 1 heterocycles. The van der Waals surface area contributed by atoms with E-state index >= 15 is 0 Å². The number of nitro benzene ring substituents is 1. The first-order chi connectivity index (χ1) is 34.1. The maximum atomic E-state index is 12.6. The molecule has 408 valence electrons. The second kappa shape index (κ2) is 36.9. The number of esters is 1. The molecule has 0 aliphatic carbocycles. The molecule has 0 aliphatic rings. The molecule has 0 saturated heterocycles. The van der Waals surface area contributed by atoms with Crippen LogP contribution in [0.25, 0.3) is 10.9 Å². The van der Waals surface area contributed by atoms with Gasteiger partial charge in [-0.15, -0.1) is 0 Å². The second-order valence-electron chi connectivity index (χ2n) is 13.8. The van der Waals surface area contributed by atoms with E-state index in [1.807, 2.05) is 81.4 Å². The average Bonchev–Trinajstić information content (AvgIpc) is 3.39. The molecule has 0 unspecified atom stereocenters. The number of hydrogen-bond donors (Lipinski definition) is 3. The lowest BCUT2D eigenvalue weighted by molar-refractivity contribution is -0.385. The molecule has 0 bridgehead atoms. The zero-order valence-corrected chi connectivity index (χ0v) is 41.5. The molecule has 21 heteroatoms. The van der Waals surface area contributed by atoms with Gasteiger partial charge in [0.25, 0.3) is 17.7 Å². The fourth-order valence-corrected chi connectivity index (χ4v) is 5.92. The number of aromatic nitrogens is 2. The van der Waals surface area contributed by atoms with Crippen LogP contribution >= 0.6 is 0 Å². The van der Waals surface area contributed by atoms with Crippen molar-refractivity contribution in [2.45, 2.75) is 62.6 Å². The van der Waals surface area contributed by atoms with Crippen molar-refractivity contribution in [2.24, 2.45) is 5.73 Å². The molecule has 0 fully saturated rings. The summed E-state index contributed by atoms with van der Waals surface area (Å²) < 4.78 is 51.5. The van der Waals surface area contributed by atoms with E-state index in [0.717, 1.165) is 18.7 Å². The summed E-state index contributed by atoms with van der Waals surface area (Å²) in [4.78, 5) is 49.2. The van der Waals surface area contributed by atoms with Gasteiger partial charge in [-0.25, -0.2) is 14.6 Å². The lowest BCUT2D eigenvalue weighted by Crippen LogP contribution is -2.21. The van der Waals surface area contributed by atoms with Gasteiger partial charge in [0.05, 0.1) is 95.8 Å². The van der Waals surface area contributed by atoms with Crippen molar-refractivity contribution in [2.75, 3.05) is 75.3 Å². The van der Waals surface area contributed by atoms with Crippen LogP contribution in [-0.4, -0.2) is 108 Å². The molecule has 0 spiro atoms. The molecule has 5 aromatic carbocycles. The van der Waals surface area contributed by atoms with Gasteiger partial charge in [0, 0.05) is 50.6 Å². The van der Waals surface area contributed by atoms with Crippen molar-refractivity contribution >= 4 is 34.2 Å². The SMILES string of the molecule is C.C.C.CCOC(OCC)OCC.COC(=O)c1cc(OC)c(OC)cc1[N+](=O)[O-].COc1cc(N)c(C(=O)O)cc1OC.COc1cc2ncn(Cc3ccccc3)c(=O)c2cc1OC.NCc1ccccc1. The Hall–Kier alpha value is -7.98. The van der Waals surface area contributed by atoms with Gasteiger partial charge in [-0.05, 0) is 38.0 Å². The number of carboxylic acids is 1. The number of carbonyl (C=O) groups excluding carboxylic acids is 1. The number of anilines is 1. The zero-order valence-electron chi connectivity index (χ0n) is 41.5. The summed E-state index contributed by atoms with van der Waals surface area (Å²) in [6.45, 7) is 8.22. The number of nitrogens with two attached hydrogens (primary N) is 2. The predicted molar refractivity (Wildman–Crippen MR) is 286 cm³/mol. The summed E-state index contributed by atoms with van der Waals surface area (Å²) >= 11 is 0. The zero-order chi connectivity index (χ0) is 52.9. The van der Waals surface area contributed by atoms with E-state index in [9.17, 15) is 24.5 Å². The summed E-state index contributed by atoms with van der Waals surface area (Å²) in [7, 11) is 9.84. The number of rotatable bonds is 18. The number of fused-ring (bicyclic) bond motifs is 1. The normalized spacial score (nSPS) is 9.62. The van der Waals surface area contributed by atoms with E-state index in [0.29, 0.717) is 66.8 Å². The largest absolute Gasteiger partial charge is 0.493 e. The number of aromatic carboxylic acids is 1. The first-order valence-corrected chi connectivity index (χ1v) is 21.6. The Labute approximate surface area is 433 Å². The minimum absolute atomic E-state index is 0. The summed E-state index contributed by atoms with van der Waals surface area (Å²) in [6, 6.07) is 28.2. The number of benzene rings is 5. The number of hydrogen-bond acceptors (Lipinski definition) is 18. The van der Waals surface area contributed by atoms with Crippen molar-refractivity contribution in [1.82, 2.24) is 9.55 Å². The fraction of sp³-hybridized carbons (Fsp3) is 0.358. The van der Waals surface area contributed by atoms with Gasteiger partial charge in [0.15, 0.2) is 34.5 Å². The van der Waals surface area contributed by atoms with Crippen LogP contribution in [0.2, 0.25) is 0 Å². The molecule has 6 aromatic rings. The quantitative estimate of drug-likeness (QED) is 0.0238. The second-order valence-corrected chi connectivity index (χ2v) is 13.8. The van der Waals surface area contributed by atoms with Crippen LogP contribution in [0.15, 0.2) is 108 Å². The third kappa shape index (κ3) is 21.0. The van der Waals surface area contributed by atoms with Crippen molar-refractivity contribution in [3.8, 4) is 34.5 Å². The summed E-state index contributed by atoms with van der Waals surface area (Å²) in [5.74, 6) is 0.328. The number of nitrogens with zero attached hydrogens (tertiary/aromatic N) is 3. The molecule has 1 aromatic heterocycles. The molecule has 0 radical (unpaired) electrons. The molecular formula is C53H75N5O16. The van der Waals surface area contributed by atoms with E-state index in [1.54, 1.807) is 37.2 Å². The monoisotopic (exact) mass is 1040 g/mol. The lowest BCUT2D eigenvalue weighted by Gasteiger charge is -2.15. The Morgan fingerprint density at radius 2 is 1.07 bits per heavy atom. The van der Waals surface area contributed by atoms with E-state index in [-0.39, 0.29) is 56.2 Å². The van der Waals surface area contributed by atoms with Crippen LogP contribution < -0.4 is 45.4 Å². The average molecular weight is 1040 g/mol. The van der Waals surface area contributed by atoms with Gasteiger partial charge in [-0.3, -0.25) is 19.5 Å². The first kappa shape index (κ1) is 68.1. The number of carbonyl (C=O) groups is 2. The van der Waals surface area contributed by atoms with Crippen molar-refractivity contribution in [3.63, 3.8) is 0 Å². The van der Waals surface area contributed by atoms with E-state index < -0.39 is 29.0 Å². The maximum absolute atomic E-state index is 12.6. The predicted octanol–water partition coefficient (Wildman–Crippen LogP) is 9.28. The molecular weight excluding hydrogens is 963 g/mol. The van der Waals surface area contributed by atoms with E-state index in [1.165, 1.54) is 52.2 Å². The van der Waals surface area contributed by atoms with Crippen molar-refractivity contribution in [1.29, 1.82) is 0 Å². The molecule has 6 rings (SSSR count). The third-order valence-corrected chi connectivity index (χ3v) is 9.40. The smallest absolute Gasteiger partial charge is 0.345 e. The minimum atomic E-state index is -1.09. The highest BCUT2D eigenvalue weighted by atomic mass is 16.8. The van der Waals surface area contributed by atoms with Gasteiger partial charge >= 0.3 is 11.9 Å². The molecule has 21 nitrogen and oxygen atoms in total. The van der Waals surface area contributed by atoms with Crippen LogP contribution in [0, 0.1) is 10.1 Å². The van der Waals surface area contributed by atoms with Gasteiger partial charge in [-0.2, -0.15) is 0 Å². The Kier molecular flexibility index (Phi) is 33.9. The highest BCUT2D eigenvalue weighted by Gasteiger charge is 2.25. The van der Waals surface area contributed by atoms with Gasteiger partial charge in [0.1, 0.15) is 5.56 Å². The van der Waals surface area contributed by atoms with Crippen LogP contribution in [0.5, 0.6) is 34.5 Å². The number of carboxylic acid groups (broad SMARTS) is 1. The van der Waals surface area contributed by atoms with Crippen LogP contribution in [0.3, 0.4) is 0 Å². The maximum Gasteiger partial charge on any atom is 0.345 e. The van der Waals surface area contributed by atoms with Crippen molar-refractivity contribution in [3.05, 3.63) is 146 Å². The van der Waals surface area contributed by atoms with Crippen molar-refractivity contribution < 1.29 is 67.0 Å². The first-order valence-electron chi connectivity index (χ1n) is 21.6. The van der Waals surface area contributed by atoms with Crippen LogP contribution in [-0.2, 0) is 32.0 Å². The molecule has 74 heavy (non-hydrogen) atoms. The highest BCUT2D eigenvalue weighted by molar-refractivity contribution is 5.95. The Morgan fingerprint density at radius 1 is 0.649 bits per heavy atom. The number of ether oxygens (including phenoxy) is 10. The standard InChI is InChI=1S/C17H16N2O3.C10H11NO6.C9H11NO4.C7H9N.C7H16O3.3CH4/c1-21-15-8-13-14(9-16(15)22-2)18-11-19(17(13)20)10-12-6-4-3-5-7-12;1-15-8-4-6(10(12)17-3)7(11(13)14)5-9(8)16-2;1-13-7-3-5(9(11)12)6(10)4-8(7)14-2;8-6-7-4-2-1-3-5-7;1-4-8-7(9-5-2)10-6-3;;;/h3-9,11H,10H2,1-2H3;4-5H,1-3H3;3-4H,10H2,1-2H3,(H,11,12);1-5H,6,8H2;7H,4-6H2,1-3H3;3*1H4. The summed E-state index contributed by atoms with van der Waals surface area (Å²) in [5, 5.41) is 20.1. The Bertz CT molecular complexity index is 2620. The number of nitro groups is 1. The van der Waals surface area contributed by atoms with Crippen LogP contribution in [0.1, 0.15) is 74.9 Å².